The molecule has 3 rings (SSSR count). The summed E-state index contributed by atoms with van der Waals surface area (Å²) >= 11 is 0. The molecule has 1 aliphatic heterocycles. The molecule has 0 aliphatic carbocycles. The van der Waals surface area contributed by atoms with Gasteiger partial charge in [-0.25, -0.2) is 0 Å². The molecule has 168 valence electrons. The number of rotatable bonds is 9. The van der Waals surface area contributed by atoms with E-state index in [0.717, 1.165) is 43.2 Å². The van der Waals surface area contributed by atoms with E-state index in [0.29, 0.717) is 6.54 Å². The van der Waals surface area contributed by atoms with Crippen molar-refractivity contribution in [2.45, 2.75) is 13.2 Å². The van der Waals surface area contributed by atoms with Crippen LogP contribution in [0.25, 0.3) is 0 Å². The molecule has 9 heteroatoms. The van der Waals surface area contributed by atoms with Crippen molar-refractivity contribution in [3.05, 3.63) is 48.0 Å². The summed E-state index contributed by atoms with van der Waals surface area (Å²) < 4.78 is 39.8. The third-order valence-corrected chi connectivity index (χ3v) is 4.84. The number of likely N-dealkylation sites (N-methyl/N-ethyl adjacent to an activating group) is 1. The minimum Gasteiger partial charge on any atom is -0.493 e. The monoisotopic (exact) mass is 435 g/mol. The summed E-state index contributed by atoms with van der Waals surface area (Å²) in [5.74, 6) is 0.0458. The van der Waals surface area contributed by atoms with E-state index in [1.165, 1.54) is 13.2 Å². The number of halogens is 2. The van der Waals surface area contributed by atoms with Crippen LogP contribution in [0.15, 0.2) is 42.5 Å². The summed E-state index contributed by atoms with van der Waals surface area (Å²) in [6.07, 6.45) is 0. The van der Waals surface area contributed by atoms with Crippen LogP contribution in [0, 0.1) is 0 Å². The molecular formula is C22H27F2N3O4. The molecule has 0 spiro atoms. The second kappa shape index (κ2) is 10.9. The molecule has 2 aromatic rings. The Kier molecular flexibility index (Phi) is 8.02. The van der Waals surface area contributed by atoms with Gasteiger partial charge in [-0.05, 0) is 49.0 Å². The number of benzene rings is 2. The first kappa shape index (κ1) is 22.8. The van der Waals surface area contributed by atoms with E-state index in [-0.39, 0.29) is 24.0 Å². The Hall–Kier alpha value is -2.91. The summed E-state index contributed by atoms with van der Waals surface area (Å²) in [7, 11) is 3.19. The van der Waals surface area contributed by atoms with Crippen LogP contribution in [-0.4, -0.2) is 64.4 Å². The van der Waals surface area contributed by atoms with Crippen LogP contribution in [-0.2, 0) is 16.1 Å². The first-order valence-electron chi connectivity index (χ1n) is 9.97. The standard InChI is InChI=1S/C22H27F2N3O4/c1-26(14-16-3-8-19(31-22(23)24)20(13-16)29-2)15-21(28)25-17-4-6-18(7-5-17)27-9-11-30-12-10-27/h3-8,13,22H,9-12,14-15H2,1-2H3,(H,25,28). The second-order valence-corrected chi connectivity index (χ2v) is 7.23. The highest BCUT2D eigenvalue weighted by molar-refractivity contribution is 5.92. The zero-order valence-corrected chi connectivity index (χ0v) is 17.6. The van der Waals surface area contributed by atoms with Gasteiger partial charge in [0.05, 0.1) is 26.9 Å². The Balaban J connectivity index is 1.51. The number of methoxy groups -OCH3 is 1. The number of carbonyl (C=O) groups excluding carboxylic acids is 1. The van der Waals surface area contributed by atoms with E-state index >= 15 is 0 Å². The van der Waals surface area contributed by atoms with Gasteiger partial charge in [0.15, 0.2) is 11.5 Å². The molecular weight excluding hydrogens is 408 g/mol. The summed E-state index contributed by atoms with van der Waals surface area (Å²) in [5.41, 5.74) is 2.64. The van der Waals surface area contributed by atoms with Crippen LogP contribution in [0.4, 0.5) is 20.2 Å². The Morgan fingerprint density at radius 3 is 2.52 bits per heavy atom. The van der Waals surface area contributed by atoms with Crippen LogP contribution in [0.5, 0.6) is 11.5 Å². The maximum absolute atomic E-state index is 12.4. The lowest BCUT2D eigenvalue weighted by Gasteiger charge is -2.28. The largest absolute Gasteiger partial charge is 0.493 e. The van der Waals surface area contributed by atoms with Gasteiger partial charge in [0.1, 0.15) is 0 Å². The molecule has 0 aromatic heterocycles. The lowest BCUT2D eigenvalue weighted by Crippen LogP contribution is -2.36. The van der Waals surface area contributed by atoms with E-state index in [4.69, 9.17) is 9.47 Å². The molecule has 2 aromatic carbocycles. The van der Waals surface area contributed by atoms with E-state index in [1.807, 2.05) is 29.2 Å². The van der Waals surface area contributed by atoms with E-state index < -0.39 is 6.61 Å². The summed E-state index contributed by atoms with van der Waals surface area (Å²) in [4.78, 5) is 16.5. The van der Waals surface area contributed by atoms with Gasteiger partial charge in [0, 0.05) is 31.0 Å². The number of hydrogen-bond donors (Lipinski definition) is 1. The van der Waals surface area contributed by atoms with E-state index in [2.05, 4.69) is 15.0 Å². The number of anilines is 2. The van der Waals surface area contributed by atoms with Gasteiger partial charge in [0.25, 0.3) is 0 Å². The fraction of sp³-hybridized carbons (Fsp3) is 0.409. The van der Waals surface area contributed by atoms with Crippen molar-refractivity contribution in [3.63, 3.8) is 0 Å². The maximum atomic E-state index is 12.4. The molecule has 1 fully saturated rings. The van der Waals surface area contributed by atoms with Gasteiger partial charge < -0.3 is 24.4 Å². The molecule has 1 saturated heterocycles. The highest BCUT2D eigenvalue weighted by Crippen LogP contribution is 2.29. The Morgan fingerprint density at radius 2 is 1.87 bits per heavy atom. The molecule has 0 radical (unpaired) electrons. The second-order valence-electron chi connectivity index (χ2n) is 7.23. The molecule has 0 saturated carbocycles. The Labute approximate surface area is 180 Å². The van der Waals surface area contributed by atoms with Crippen molar-refractivity contribution in [1.29, 1.82) is 0 Å². The lowest BCUT2D eigenvalue weighted by molar-refractivity contribution is -0.117. The molecule has 1 N–H and O–H groups in total. The Morgan fingerprint density at radius 1 is 1.16 bits per heavy atom. The molecule has 7 nitrogen and oxygen atoms in total. The molecule has 0 unspecified atom stereocenters. The molecule has 1 aliphatic rings. The van der Waals surface area contributed by atoms with Gasteiger partial charge >= 0.3 is 6.61 Å². The maximum Gasteiger partial charge on any atom is 0.387 e. The number of amides is 1. The third kappa shape index (κ3) is 6.80. The summed E-state index contributed by atoms with van der Waals surface area (Å²) in [6.45, 7) is 0.844. The van der Waals surface area contributed by atoms with E-state index in [1.54, 1.807) is 19.2 Å². The third-order valence-electron chi connectivity index (χ3n) is 4.84. The van der Waals surface area contributed by atoms with Gasteiger partial charge in [0.2, 0.25) is 5.91 Å². The first-order chi connectivity index (χ1) is 14.9. The number of morpholine rings is 1. The van der Waals surface area contributed by atoms with Crippen LogP contribution in [0.2, 0.25) is 0 Å². The highest BCUT2D eigenvalue weighted by atomic mass is 19.3. The average Bonchev–Trinajstić information content (AvgIpc) is 2.75. The predicted molar refractivity (Wildman–Crippen MR) is 114 cm³/mol. The number of alkyl halides is 2. The number of nitrogens with zero attached hydrogens (tertiary/aromatic N) is 2. The van der Waals surface area contributed by atoms with Crippen LogP contribution in [0.3, 0.4) is 0 Å². The minimum absolute atomic E-state index is 0.0258. The normalized spacial score (nSPS) is 14.1. The molecule has 0 atom stereocenters. The van der Waals surface area contributed by atoms with Gasteiger partial charge in [-0.1, -0.05) is 6.07 Å². The van der Waals surface area contributed by atoms with Crippen LogP contribution < -0.4 is 19.7 Å². The average molecular weight is 435 g/mol. The smallest absolute Gasteiger partial charge is 0.387 e. The number of hydrogen-bond acceptors (Lipinski definition) is 6. The van der Waals surface area contributed by atoms with E-state index in [9.17, 15) is 13.6 Å². The fourth-order valence-electron chi connectivity index (χ4n) is 3.39. The highest BCUT2D eigenvalue weighted by Gasteiger charge is 2.14. The van der Waals surface area contributed by atoms with Crippen molar-refractivity contribution in [2.75, 3.05) is 57.2 Å². The summed E-state index contributed by atoms with van der Waals surface area (Å²) in [5, 5.41) is 2.89. The van der Waals surface area contributed by atoms with Gasteiger partial charge in [-0.15, -0.1) is 0 Å². The van der Waals surface area contributed by atoms with Crippen molar-refractivity contribution in [3.8, 4) is 11.5 Å². The first-order valence-corrected chi connectivity index (χ1v) is 9.97. The minimum atomic E-state index is -2.92. The zero-order chi connectivity index (χ0) is 22.2. The number of carbonyl (C=O) groups is 1. The van der Waals surface area contributed by atoms with Crippen LogP contribution in [0.1, 0.15) is 5.56 Å². The quantitative estimate of drug-likeness (QED) is 0.653. The van der Waals surface area contributed by atoms with Crippen molar-refractivity contribution in [2.24, 2.45) is 0 Å². The van der Waals surface area contributed by atoms with Crippen molar-refractivity contribution >= 4 is 17.3 Å². The number of nitrogens with one attached hydrogen (secondary N) is 1. The van der Waals surface area contributed by atoms with Crippen molar-refractivity contribution < 1.29 is 27.8 Å². The summed E-state index contributed by atoms with van der Waals surface area (Å²) in [6, 6.07) is 12.5. The SMILES string of the molecule is COc1cc(CN(C)CC(=O)Nc2ccc(N3CCOCC3)cc2)ccc1OC(F)F. The molecule has 1 heterocycles. The molecule has 0 bridgehead atoms. The lowest BCUT2D eigenvalue weighted by atomic mass is 10.2. The van der Waals surface area contributed by atoms with Crippen LogP contribution >= 0.6 is 0 Å². The number of ether oxygens (including phenoxy) is 3. The van der Waals surface area contributed by atoms with Gasteiger partial charge in [-0.3, -0.25) is 9.69 Å². The van der Waals surface area contributed by atoms with Gasteiger partial charge in [-0.2, -0.15) is 8.78 Å². The zero-order valence-electron chi connectivity index (χ0n) is 17.6. The van der Waals surface area contributed by atoms with Crippen molar-refractivity contribution in [1.82, 2.24) is 4.90 Å². The molecule has 31 heavy (non-hydrogen) atoms. The predicted octanol–water partition coefficient (Wildman–Crippen LogP) is 3.20. The topological polar surface area (TPSA) is 63.3 Å². The Bertz CT molecular complexity index is 858. The fourth-order valence-corrected chi connectivity index (χ4v) is 3.39. The molecule has 1 amide bonds.